The van der Waals surface area contributed by atoms with Gasteiger partial charge >= 0.3 is 0 Å². The van der Waals surface area contributed by atoms with Crippen LogP contribution in [0, 0.1) is 0 Å². The quantitative estimate of drug-likeness (QED) is 0.170. The minimum absolute atomic E-state index is 0.937. The second-order valence-electron chi connectivity index (χ2n) is 15.1. The van der Waals surface area contributed by atoms with E-state index in [2.05, 4.69) is 179 Å². The molecule has 0 amide bonds. The number of allylic oxidation sites excluding steroid dienone is 5. The molecule has 2 nitrogen and oxygen atoms in total. The number of nitrogens with zero attached hydrogens (tertiary/aromatic N) is 2. The van der Waals surface area contributed by atoms with E-state index in [1.807, 2.05) is 22.7 Å². The van der Waals surface area contributed by atoms with E-state index in [0.29, 0.717) is 0 Å². The van der Waals surface area contributed by atoms with Gasteiger partial charge < -0.3 is 9.47 Å². The maximum Gasteiger partial charge on any atom is 0.0643 e. The van der Waals surface area contributed by atoms with Crippen molar-refractivity contribution in [2.45, 2.75) is 25.7 Å². The summed E-state index contributed by atoms with van der Waals surface area (Å²) in [6.45, 7) is 0. The fraction of sp³-hybridized carbons (Fsp3) is 0.0769. The van der Waals surface area contributed by atoms with E-state index in [4.69, 9.17) is 0 Å². The zero-order valence-electron chi connectivity index (χ0n) is 30.7. The monoisotopic (exact) mass is 752 g/mol. The summed E-state index contributed by atoms with van der Waals surface area (Å²) in [5.41, 5.74) is 13.1. The maximum atomic E-state index is 2.63. The standard InChI is InChI=1S/C52H36N2S2/c1-2-14-36(15-3-1)53-44-21-9-6-17-39(44)40-30-27-34(31-46(40)53)33-25-28-37(29-26-33)54(45-22-12-20-42-41-18-7-10-23-48(41)55-51(42)45)47-32-35-13-4-5-16-38(35)50-43-19-8-11-24-49(43)56-52(47)50/h1-4,6-15,17-25,27-28,30-32H,5,16,26,29H2. The largest absolute Gasteiger partial charge is 0.311 e. The van der Waals surface area contributed by atoms with E-state index in [9.17, 15) is 0 Å². The summed E-state index contributed by atoms with van der Waals surface area (Å²) in [6.07, 6.45) is 13.6. The predicted octanol–water partition coefficient (Wildman–Crippen LogP) is 15.4. The molecule has 0 fully saturated rings. The lowest BCUT2D eigenvalue weighted by Crippen LogP contribution is -2.18. The highest BCUT2D eigenvalue weighted by Gasteiger charge is 2.27. The summed E-state index contributed by atoms with van der Waals surface area (Å²) in [7, 11) is 0. The molecule has 56 heavy (non-hydrogen) atoms. The molecule has 0 spiro atoms. The van der Waals surface area contributed by atoms with Gasteiger partial charge in [0.25, 0.3) is 0 Å². The van der Waals surface area contributed by atoms with Crippen LogP contribution in [0.4, 0.5) is 11.4 Å². The predicted molar refractivity (Wildman–Crippen MR) is 244 cm³/mol. The number of hydrogen-bond donors (Lipinski definition) is 0. The Kier molecular flexibility index (Phi) is 7.26. The fourth-order valence-electron chi connectivity index (χ4n) is 9.42. The molecule has 4 heteroatoms. The van der Waals surface area contributed by atoms with Crippen LogP contribution >= 0.6 is 22.7 Å². The van der Waals surface area contributed by atoms with Crippen LogP contribution in [-0.4, -0.2) is 4.57 Å². The van der Waals surface area contributed by atoms with Gasteiger partial charge in [0, 0.05) is 53.1 Å². The highest BCUT2D eigenvalue weighted by Crippen LogP contribution is 2.51. The van der Waals surface area contributed by atoms with Gasteiger partial charge in [-0.1, -0.05) is 115 Å². The highest BCUT2D eigenvalue weighted by atomic mass is 32.1. The van der Waals surface area contributed by atoms with Crippen molar-refractivity contribution in [2.75, 3.05) is 4.90 Å². The lowest BCUT2D eigenvalue weighted by molar-refractivity contribution is 0.933. The molecule has 0 saturated heterocycles. The Balaban J connectivity index is 1.07. The van der Waals surface area contributed by atoms with Crippen molar-refractivity contribution in [3.8, 4) is 5.69 Å². The number of benzene rings is 7. The van der Waals surface area contributed by atoms with Gasteiger partial charge in [0.1, 0.15) is 0 Å². The van der Waals surface area contributed by atoms with E-state index < -0.39 is 0 Å². The van der Waals surface area contributed by atoms with Crippen molar-refractivity contribution < 1.29 is 0 Å². The molecule has 0 atom stereocenters. The van der Waals surface area contributed by atoms with E-state index in [0.717, 1.165) is 25.7 Å². The van der Waals surface area contributed by atoms with Crippen LogP contribution in [0.15, 0.2) is 170 Å². The van der Waals surface area contributed by atoms with Crippen LogP contribution in [0.3, 0.4) is 0 Å². The molecule has 0 N–H and O–H groups in total. The maximum absolute atomic E-state index is 2.63. The Labute approximate surface area is 333 Å². The molecule has 12 rings (SSSR count). The van der Waals surface area contributed by atoms with Gasteiger partial charge in [-0.05, 0) is 103 Å². The number of hydrogen-bond acceptors (Lipinski definition) is 3. The molecule has 3 aromatic heterocycles. The second kappa shape index (κ2) is 12.7. The van der Waals surface area contributed by atoms with E-state index in [1.54, 1.807) is 0 Å². The minimum atomic E-state index is 0.937. The van der Waals surface area contributed by atoms with Gasteiger partial charge in [-0.25, -0.2) is 0 Å². The van der Waals surface area contributed by atoms with E-state index in [-0.39, 0.29) is 0 Å². The molecule has 3 heterocycles. The van der Waals surface area contributed by atoms with Gasteiger partial charge in [0.2, 0.25) is 0 Å². The molecule has 2 aliphatic rings. The third-order valence-electron chi connectivity index (χ3n) is 12.0. The Morgan fingerprint density at radius 2 is 1.25 bits per heavy atom. The second-order valence-corrected chi connectivity index (χ2v) is 17.2. The minimum Gasteiger partial charge on any atom is -0.311 e. The number of fused-ring (bicyclic) bond motifs is 11. The van der Waals surface area contributed by atoms with E-state index >= 15 is 0 Å². The molecular formula is C52H36N2S2. The SMILES string of the molecule is C1=Cc2cc(N(C3=CC=C(c4ccc5c6ccccc6n(-c6ccccc6)c5c4)CC3)c3cccc4c3sc3ccccc34)c3sc4ccccc4c3c2CC1. The molecule has 7 aromatic carbocycles. The molecule has 0 unspecified atom stereocenters. The Morgan fingerprint density at radius 3 is 2.11 bits per heavy atom. The van der Waals surface area contributed by atoms with Crippen molar-refractivity contribution >= 4 is 108 Å². The molecule has 0 saturated carbocycles. The van der Waals surface area contributed by atoms with Gasteiger partial charge in [-0.15, -0.1) is 22.7 Å². The summed E-state index contributed by atoms with van der Waals surface area (Å²) >= 11 is 3.87. The number of thiophene rings is 2. The average molecular weight is 753 g/mol. The molecule has 266 valence electrons. The van der Waals surface area contributed by atoms with Crippen molar-refractivity contribution in [1.82, 2.24) is 4.57 Å². The number of anilines is 2. The van der Waals surface area contributed by atoms with E-state index in [1.165, 1.54) is 107 Å². The van der Waals surface area contributed by atoms with Gasteiger partial charge in [0.15, 0.2) is 0 Å². The van der Waals surface area contributed by atoms with Crippen LogP contribution in [0.2, 0.25) is 0 Å². The first-order valence-electron chi connectivity index (χ1n) is 19.6. The molecule has 10 aromatic rings. The number of rotatable bonds is 5. The third-order valence-corrected chi connectivity index (χ3v) is 14.4. The number of aryl methyl sites for hydroxylation is 1. The first-order valence-corrected chi connectivity index (χ1v) is 21.2. The first kappa shape index (κ1) is 32.1. The van der Waals surface area contributed by atoms with Gasteiger partial charge in [-0.3, -0.25) is 0 Å². The third kappa shape index (κ3) is 4.86. The number of aromatic nitrogens is 1. The van der Waals surface area contributed by atoms with Crippen LogP contribution in [0.5, 0.6) is 0 Å². The fourth-order valence-corrected chi connectivity index (χ4v) is 11.9. The molecule has 0 bridgehead atoms. The van der Waals surface area contributed by atoms with Crippen LogP contribution in [-0.2, 0) is 6.42 Å². The van der Waals surface area contributed by atoms with Crippen LogP contribution in [0.1, 0.15) is 36.0 Å². The first-order chi connectivity index (χ1) is 27.8. The average Bonchev–Trinajstić information content (AvgIpc) is 3.95. The molecule has 0 radical (unpaired) electrons. The lowest BCUT2D eigenvalue weighted by Gasteiger charge is -2.32. The summed E-state index contributed by atoms with van der Waals surface area (Å²) in [5.74, 6) is 0. The zero-order valence-corrected chi connectivity index (χ0v) is 32.3. The molecular weight excluding hydrogens is 717 g/mol. The lowest BCUT2D eigenvalue weighted by atomic mass is 9.91. The van der Waals surface area contributed by atoms with Crippen molar-refractivity contribution in [1.29, 1.82) is 0 Å². The normalized spacial score (nSPS) is 14.3. The van der Waals surface area contributed by atoms with Gasteiger partial charge in [0.05, 0.1) is 31.8 Å². The summed E-state index contributed by atoms with van der Waals surface area (Å²) in [4.78, 5) is 2.63. The summed E-state index contributed by atoms with van der Waals surface area (Å²) < 4.78 is 7.83. The molecule has 0 aliphatic heterocycles. The smallest absolute Gasteiger partial charge is 0.0643 e. The molecule has 2 aliphatic carbocycles. The number of para-hydroxylation sites is 2. The van der Waals surface area contributed by atoms with Crippen molar-refractivity contribution in [2.24, 2.45) is 0 Å². The Bertz CT molecular complexity index is 3310. The van der Waals surface area contributed by atoms with Gasteiger partial charge in [-0.2, -0.15) is 0 Å². The topological polar surface area (TPSA) is 8.17 Å². The zero-order chi connectivity index (χ0) is 36.7. The highest BCUT2D eigenvalue weighted by molar-refractivity contribution is 7.27. The Morgan fingerprint density at radius 1 is 0.518 bits per heavy atom. The summed E-state index contributed by atoms with van der Waals surface area (Å²) in [5, 5.41) is 8.05. The summed E-state index contributed by atoms with van der Waals surface area (Å²) in [6, 6.07) is 54.0. The van der Waals surface area contributed by atoms with Crippen LogP contribution < -0.4 is 4.90 Å². The van der Waals surface area contributed by atoms with Crippen LogP contribution in [0.25, 0.3) is 79.5 Å². The van der Waals surface area contributed by atoms with Crippen molar-refractivity contribution in [3.63, 3.8) is 0 Å². The van der Waals surface area contributed by atoms with Crippen molar-refractivity contribution in [3.05, 3.63) is 186 Å². The Hall–Kier alpha value is -6.20.